The van der Waals surface area contributed by atoms with Crippen LogP contribution in [0.5, 0.6) is 0 Å². The van der Waals surface area contributed by atoms with Gasteiger partial charge in [0.1, 0.15) is 17.9 Å². The Kier molecular flexibility index (Phi) is 8.52. The van der Waals surface area contributed by atoms with Gasteiger partial charge in [0, 0.05) is 18.2 Å². The quantitative estimate of drug-likeness (QED) is 0.165. The molecule has 3 aromatic rings. The fourth-order valence-electron chi connectivity index (χ4n) is 3.49. The number of benzene rings is 3. The molecule has 3 rings (SSSR count). The van der Waals surface area contributed by atoms with Gasteiger partial charge in [-0.25, -0.2) is 17.6 Å². The topological polar surface area (TPSA) is 182 Å². The highest BCUT2D eigenvalue weighted by Crippen LogP contribution is 2.23. The molecule has 0 fully saturated rings. The second-order valence-corrected chi connectivity index (χ2v) is 9.76. The molecule has 1 amide bonds. The fourth-order valence-corrected chi connectivity index (χ4v) is 4.86. The minimum atomic E-state index is -4.59. The van der Waals surface area contributed by atoms with E-state index in [1.165, 1.54) is 36.4 Å². The highest BCUT2D eigenvalue weighted by Gasteiger charge is 2.32. The fraction of sp³-hybridized carbons (Fsp3) is 0.167. The van der Waals surface area contributed by atoms with Gasteiger partial charge in [0.25, 0.3) is 5.69 Å². The van der Waals surface area contributed by atoms with Crippen LogP contribution < -0.4 is 15.8 Å². The third kappa shape index (κ3) is 7.32. The summed E-state index contributed by atoms with van der Waals surface area (Å²) < 4.78 is 41.6. The first-order valence-electron chi connectivity index (χ1n) is 10.8. The number of halogens is 1. The van der Waals surface area contributed by atoms with Crippen LogP contribution in [-0.4, -0.2) is 42.4 Å². The maximum Gasteiger partial charge on any atom is 0.326 e. The lowest BCUT2D eigenvalue weighted by molar-refractivity contribution is -0.387. The lowest BCUT2D eigenvalue weighted by atomic mass is 10.0. The normalized spacial score (nSPS) is 12.9. The van der Waals surface area contributed by atoms with Gasteiger partial charge < -0.3 is 16.2 Å². The molecule has 5 N–H and O–H groups in total. The van der Waals surface area contributed by atoms with Crippen molar-refractivity contribution in [2.75, 3.05) is 5.73 Å². The second-order valence-electron chi connectivity index (χ2n) is 8.07. The number of rotatable bonds is 11. The highest BCUT2D eigenvalue weighted by atomic mass is 32.2. The van der Waals surface area contributed by atoms with Gasteiger partial charge in [0.15, 0.2) is 4.90 Å². The predicted octanol–water partition coefficient (Wildman–Crippen LogP) is 2.02. The first kappa shape index (κ1) is 27.2. The van der Waals surface area contributed by atoms with Crippen LogP contribution in [0.15, 0.2) is 77.7 Å². The molecule has 0 saturated heterocycles. The summed E-state index contributed by atoms with van der Waals surface area (Å²) in [5.74, 6) is -2.90. The molecule has 2 atom stereocenters. The molecular formula is C24H23FN4O7S. The van der Waals surface area contributed by atoms with Gasteiger partial charge in [-0.15, -0.1) is 0 Å². The number of sulfonamides is 1. The number of anilines is 1. The van der Waals surface area contributed by atoms with Crippen molar-refractivity contribution in [1.82, 2.24) is 10.0 Å². The van der Waals surface area contributed by atoms with Crippen LogP contribution in [0.25, 0.3) is 0 Å². The molecule has 37 heavy (non-hydrogen) atoms. The molecule has 0 aromatic heterocycles. The van der Waals surface area contributed by atoms with Crippen molar-refractivity contribution in [3.63, 3.8) is 0 Å². The van der Waals surface area contributed by atoms with Crippen LogP contribution in [0.1, 0.15) is 11.1 Å². The van der Waals surface area contributed by atoms with Gasteiger partial charge in [-0.05, 0) is 47.9 Å². The summed E-state index contributed by atoms with van der Waals surface area (Å²) in [6.07, 6.45) is -0.415. The van der Waals surface area contributed by atoms with Crippen molar-refractivity contribution < 1.29 is 32.4 Å². The van der Waals surface area contributed by atoms with Crippen molar-refractivity contribution in [1.29, 1.82) is 0 Å². The van der Waals surface area contributed by atoms with E-state index in [1.54, 1.807) is 12.1 Å². The molecule has 3 aromatic carbocycles. The number of nitrogens with zero attached hydrogens (tertiary/aromatic N) is 1. The number of nitrogen functional groups attached to an aromatic ring is 1. The zero-order valence-electron chi connectivity index (χ0n) is 19.2. The molecule has 0 unspecified atom stereocenters. The lowest BCUT2D eigenvalue weighted by Crippen LogP contribution is -2.53. The molecule has 0 radical (unpaired) electrons. The Bertz CT molecular complexity index is 1400. The molecule has 0 aliphatic carbocycles. The molecule has 0 aliphatic heterocycles. The summed E-state index contributed by atoms with van der Waals surface area (Å²) in [6.45, 7) is 0. The van der Waals surface area contributed by atoms with Crippen LogP contribution in [0.2, 0.25) is 0 Å². The van der Waals surface area contributed by atoms with E-state index in [2.05, 4.69) is 10.0 Å². The smallest absolute Gasteiger partial charge is 0.326 e. The number of carbonyl (C=O) groups is 2. The first-order valence-corrected chi connectivity index (χ1v) is 12.3. The van der Waals surface area contributed by atoms with Crippen molar-refractivity contribution in [3.05, 3.63) is 99.9 Å². The zero-order chi connectivity index (χ0) is 27.2. The van der Waals surface area contributed by atoms with Gasteiger partial charge in [-0.1, -0.05) is 36.4 Å². The van der Waals surface area contributed by atoms with Crippen molar-refractivity contribution >= 4 is 33.3 Å². The highest BCUT2D eigenvalue weighted by molar-refractivity contribution is 7.89. The monoisotopic (exact) mass is 530 g/mol. The Balaban J connectivity index is 1.91. The average Bonchev–Trinajstić information content (AvgIpc) is 2.85. The zero-order valence-corrected chi connectivity index (χ0v) is 20.0. The second kappa shape index (κ2) is 11.6. The molecule has 0 bridgehead atoms. The first-order chi connectivity index (χ1) is 17.5. The number of para-hydroxylation sites is 1. The van der Waals surface area contributed by atoms with Crippen LogP contribution in [0.4, 0.5) is 15.8 Å². The van der Waals surface area contributed by atoms with Crippen molar-refractivity contribution in [3.8, 4) is 0 Å². The summed E-state index contributed by atoms with van der Waals surface area (Å²) in [6, 6.07) is 12.8. The number of nitrogens with one attached hydrogen (secondary N) is 2. The van der Waals surface area contributed by atoms with Gasteiger partial charge in [0.05, 0.1) is 4.92 Å². The molecule has 0 aliphatic rings. The van der Waals surface area contributed by atoms with Gasteiger partial charge >= 0.3 is 5.97 Å². The molecule has 194 valence electrons. The minimum absolute atomic E-state index is 0.202. The van der Waals surface area contributed by atoms with E-state index < -0.39 is 55.3 Å². The summed E-state index contributed by atoms with van der Waals surface area (Å²) >= 11 is 0. The predicted molar refractivity (Wildman–Crippen MR) is 131 cm³/mol. The van der Waals surface area contributed by atoms with Crippen LogP contribution >= 0.6 is 0 Å². The summed E-state index contributed by atoms with van der Waals surface area (Å²) in [7, 11) is -4.59. The van der Waals surface area contributed by atoms with E-state index in [0.29, 0.717) is 16.8 Å². The summed E-state index contributed by atoms with van der Waals surface area (Å²) in [5, 5.41) is 23.3. The van der Waals surface area contributed by atoms with Gasteiger partial charge in [0.2, 0.25) is 15.9 Å². The Morgan fingerprint density at radius 1 is 0.946 bits per heavy atom. The van der Waals surface area contributed by atoms with Crippen molar-refractivity contribution in [2.45, 2.75) is 29.8 Å². The summed E-state index contributed by atoms with van der Waals surface area (Å²) in [5.41, 5.74) is 6.32. The molecule has 11 nitrogen and oxygen atoms in total. The summed E-state index contributed by atoms with van der Waals surface area (Å²) in [4.78, 5) is 34.9. The molecular weight excluding hydrogens is 507 g/mol. The minimum Gasteiger partial charge on any atom is -0.480 e. The number of aliphatic carboxylic acids is 1. The number of carboxylic acid groups (broad SMARTS) is 1. The standard InChI is InChI=1S/C24H23FN4O7S/c25-17-9-5-15(6-10-17)14-20(24(31)32)27-23(30)19(13-16-7-11-18(26)12-8-16)28-37(35,36)22-4-2-1-3-21(22)29(33)34/h1-12,19-20,28H,13-14,26H2,(H,27,30)(H,31,32)/t19-,20-/m0/s1. The number of carbonyl (C=O) groups excluding carboxylic acids is 1. The number of nitro groups is 1. The molecule has 13 heteroatoms. The largest absolute Gasteiger partial charge is 0.480 e. The SMILES string of the molecule is Nc1ccc(C[C@H](NS(=O)(=O)c2ccccc2[N+](=O)[O-])C(=O)N[C@@H](Cc2ccc(F)cc2)C(=O)O)cc1. The number of hydrogen-bond donors (Lipinski definition) is 4. The molecule has 0 saturated carbocycles. The Hall–Kier alpha value is -4.36. The van der Waals surface area contributed by atoms with Gasteiger partial charge in [-0.3, -0.25) is 14.9 Å². The van der Waals surface area contributed by atoms with Crippen LogP contribution in [-0.2, 0) is 32.5 Å². The Morgan fingerprint density at radius 2 is 1.49 bits per heavy atom. The van der Waals surface area contributed by atoms with E-state index in [-0.39, 0.29) is 12.8 Å². The molecule has 0 spiro atoms. The van der Waals surface area contributed by atoms with Crippen LogP contribution in [0, 0.1) is 15.9 Å². The Morgan fingerprint density at radius 3 is 2.05 bits per heavy atom. The van der Waals surface area contributed by atoms with Crippen molar-refractivity contribution in [2.24, 2.45) is 0 Å². The molecule has 0 heterocycles. The van der Waals surface area contributed by atoms with E-state index >= 15 is 0 Å². The van der Waals surface area contributed by atoms with E-state index in [0.717, 1.165) is 24.3 Å². The number of hydrogen-bond acceptors (Lipinski definition) is 7. The maximum absolute atomic E-state index is 13.2. The number of nitro benzene ring substituents is 1. The lowest BCUT2D eigenvalue weighted by Gasteiger charge is -2.22. The van der Waals surface area contributed by atoms with Crippen LogP contribution in [0.3, 0.4) is 0 Å². The van der Waals surface area contributed by atoms with E-state index in [1.807, 2.05) is 0 Å². The maximum atomic E-state index is 13.2. The van der Waals surface area contributed by atoms with E-state index in [9.17, 15) is 37.6 Å². The van der Waals surface area contributed by atoms with Gasteiger partial charge in [-0.2, -0.15) is 4.72 Å². The average molecular weight is 531 g/mol. The number of amides is 1. The third-order valence-corrected chi connectivity index (χ3v) is 6.87. The number of nitrogens with two attached hydrogens (primary N) is 1. The number of carboxylic acids is 1. The third-order valence-electron chi connectivity index (χ3n) is 5.35. The van der Waals surface area contributed by atoms with E-state index in [4.69, 9.17) is 5.73 Å². The Labute approximate surface area is 211 Å².